The summed E-state index contributed by atoms with van der Waals surface area (Å²) in [6.07, 6.45) is 8.12. The summed E-state index contributed by atoms with van der Waals surface area (Å²) in [6, 6.07) is 7.73. The number of benzene rings is 1. The van der Waals surface area contributed by atoms with Gasteiger partial charge in [0.1, 0.15) is 11.3 Å². The topological polar surface area (TPSA) is 92.8 Å². The molecule has 1 fully saturated rings. The Bertz CT molecular complexity index is 945. The predicted octanol–water partition coefficient (Wildman–Crippen LogP) is 3.38. The zero-order valence-electron chi connectivity index (χ0n) is 16.7. The third-order valence-corrected chi connectivity index (χ3v) is 5.66. The van der Waals surface area contributed by atoms with E-state index in [1.54, 1.807) is 12.4 Å². The van der Waals surface area contributed by atoms with E-state index in [4.69, 9.17) is 4.74 Å². The van der Waals surface area contributed by atoms with Crippen LogP contribution in [0.5, 0.6) is 5.75 Å². The lowest BCUT2D eigenvalue weighted by atomic mass is 9.80. The highest BCUT2D eigenvalue weighted by Gasteiger charge is 2.26. The summed E-state index contributed by atoms with van der Waals surface area (Å²) in [5.41, 5.74) is 3.68. The number of carbonyl (C=O) groups is 1. The second-order valence-corrected chi connectivity index (χ2v) is 7.64. The van der Waals surface area contributed by atoms with Crippen LogP contribution in [0.3, 0.4) is 0 Å². The molecule has 152 valence electrons. The summed E-state index contributed by atoms with van der Waals surface area (Å²) >= 11 is 0. The van der Waals surface area contributed by atoms with Gasteiger partial charge in [-0.25, -0.2) is 9.97 Å². The molecule has 0 unspecified atom stereocenters. The average Bonchev–Trinajstić information content (AvgIpc) is 3.18. The molecule has 1 amide bonds. The van der Waals surface area contributed by atoms with Gasteiger partial charge in [-0.15, -0.1) is 0 Å². The van der Waals surface area contributed by atoms with E-state index in [9.17, 15) is 4.79 Å². The van der Waals surface area contributed by atoms with Crippen LogP contribution >= 0.6 is 0 Å². The van der Waals surface area contributed by atoms with Gasteiger partial charge in [0.15, 0.2) is 5.65 Å². The molecule has 4 rings (SSSR count). The maximum Gasteiger partial charge on any atom is 0.224 e. The smallest absolute Gasteiger partial charge is 0.224 e. The normalized spacial score (nSPS) is 19.2. The van der Waals surface area contributed by atoms with E-state index in [0.717, 1.165) is 54.8 Å². The largest absolute Gasteiger partial charge is 0.494 e. The third-order valence-electron chi connectivity index (χ3n) is 5.66. The Morgan fingerprint density at radius 3 is 2.66 bits per heavy atom. The molecule has 0 radical (unpaired) electrons. The molecule has 2 aromatic heterocycles. The van der Waals surface area contributed by atoms with Crippen LogP contribution in [-0.2, 0) is 11.2 Å². The van der Waals surface area contributed by atoms with Gasteiger partial charge < -0.3 is 10.1 Å². The Morgan fingerprint density at radius 2 is 1.90 bits per heavy atom. The number of rotatable bonds is 7. The number of carbonyl (C=O) groups excluding carboxylic acids is 1. The zero-order valence-corrected chi connectivity index (χ0v) is 16.7. The van der Waals surface area contributed by atoms with Crippen molar-refractivity contribution in [1.29, 1.82) is 0 Å². The van der Waals surface area contributed by atoms with Gasteiger partial charge in [-0.05, 0) is 56.2 Å². The molecule has 0 bridgehead atoms. The minimum atomic E-state index is 0.0751. The van der Waals surface area contributed by atoms with Crippen LogP contribution in [-0.4, -0.2) is 39.2 Å². The lowest BCUT2D eigenvalue weighted by Gasteiger charge is -2.28. The van der Waals surface area contributed by atoms with Crippen molar-refractivity contribution < 1.29 is 9.53 Å². The fourth-order valence-corrected chi connectivity index (χ4v) is 4.08. The molecule has 1 saturated carbocycles. The van der Waals surface area contributed by atoms with Crippen molar-refractivity contribution in [3.63, 3.8) is 0 Å². The van der Waals surface area contributed by atoms with E-state index in [0.29, 0.717) is 30.5 Å². The van der Waals surface area contributed by atoms with Crippen molar-refractivity contribution in [3.05, 3.63) is 47.9 Å². The molecule has 0 aliphatic heterocycles. The first kappa shape index (κ1) is 19.4. The molecule has 0 saturated heterocycles. The average molecular weight is 393 g/mol. The number of H-pyrrole nitrogens is 1. The van der Waals surface area contributed by atoms with Gasteiger partial charge in [0.2, 0.25) is 5.91 Å². The molecule has 0 atom stereocenters. The monoisotopic (exact) mass is 393 g/mol. The number of ether oxygens (including phenoxy) is 1. The quantitative estimate of drug-likeness (QED) is 0.642. The van der Waals surface area contributed by atoms with Crippen molar-refractivity contribution in [1.82, 2.24) is 25.5 Å². The van der Waals surface area contributed by atoms with E-state index in [1.165, 1.54) is 0 Å². The molecule has 1 aromatic carbocycles. The van der Waals surface area contributed by atoms with Crippen LogP contribution in [0, 0.1) is 5.92 Å². The highest BCUT2D eigenvalue weighted by Crippen LogP contribution is 2.36. The van der Waals surface area contributed by atoms with Gasteiger partial charge in [-0.2, -0.15) is 5.10 Å². The zero-order chi connectivity index (χ0) is 20.1. The molecule has 1 aliphatic carbocycles. The summed E-state index contributed by atoms with van der Waals surface area (Å²) in [5, 5.41) is 10.5. The lowest BCUT2D eigenvalue weighted by molar-refractivity contribution is -0.120. The molecule has 1 aliphatic rings. The Morgan fingerprint density at radius 1 is 1.14 bits per heavy atom. The van der Waals surface area contributed by atoms with Crippen LogP contribution in [0.25, 0.3) is 11.2 Å². The van der Waals surface area contributed by atoms with Gasteiger partial charge in [-0.3, -0.25) is 9.89 Å². The number of nitrogens with one attached hydrogen (secondary N) is 2. The van der Waals surface area contributed by atoms with E-state index in [1.807, 2.05) is 31.2 Å². The number of fused-ring (bicyclic) bond motifs is 1. The van der Waals surface area contributed by atoms with Crippen LogP contribution in [0.15, 0.2) is 36.7 Å². The molecule has 0 spiro atoms. The fourth-order valence-electron chi connectivity index (χ4n) is 4.08. The highest BCUT2D eigenvalue weighted by atomic mass is 16.5. The SMILES string of the molecule is CCOc1ccc(CC(=O)NCC2CCC(c3[nH]nc4nccnc34)CC2)cc1. The minimum absolute atomic E-state index is 0.0751. The summed E-state index contributed by atoms with van der Waals surface area (Å²) in [4.78, 5) is 21.0. The molecule has 29 heavy (non-hydrogen) atoms. The summed E-state index contributed by atoms with van der Waals surface area (Å²) < 4.78 is 5.44. The Kier molecular flexibility index (Phi) is 6.03. The summed E-state index contributed by atoms with van der Waals surface area (Å²) in [5.74, 6) is 1.87. The van der Waals surface area contributed by atoms with Crippen molar-refractivity contribution in [2.75, 3.05) is 13.2 Å². The van der Waals surface area contributed by atoms with Crippen molar-refractivity contribution in [3.8, 4) is 5.75 Å². The van der Waals surface area contributed by atoms with E-state index < -0.39 is 0 Å². The first-order chi connectivity index (χ1) is 14.2. The van der Waals surface area contributed by atoms with Crippen molar-refractivity contribution in [2.24, 2.45) is 5.92 Å². The molecule has 7 heteroatoms. The number of nitrogens with zero attached hydrogens (tertiary/aromatic N) is 3. The molecule has 2 heterocycles. The Labute approximate surface area is 170 Å². The number of hydrogen-bond acceptors (Lipinski definition) is 5. The first-order valence-electron chi connectivity index (χ1n) is 10.4. The van der Waals surface area contributed by atoms with Gasteiger partial charge >= 0.3 is 0 Å². The maximum atomic E-state index is 12.3. The molecule has 3 aromatic rings. The third kappa shape index (κ3) is 4.72. The Hall–Kier alpha value is -2.96. The standard InChI is InChI=1S/C22H27N5O2/c1-2-29-18-9-5-15(6-10-18)13-19(28)25-14-16-3-7-17(8-4-16)20-21-22(27-26-20)24-12-11-23-21/h5-6,9-12,16-17H,2-4,7-8,13-14H2,1H3,(H,25,28)(H,24,26,27). The van der Waals surface area contributed by atoms with Crippen molar-refractivity contribution >= 4 is 17.1 Å². The van der Waals surface area contributed by atoms with Crippen LogP contribution in [0.1, 0.15) is 49.8 Å². The fraction of sp³-hybridized carbons (Fsp3) is 0.455. The number of aromatic nitrogens is 4. The van der Waals surface area contributed by atoms with E-state index >= 15 is 0 Å². The minimum Gasteiger partial charge on any atom is -0.494 e. The van der Waals surface area contributed by atoms with E-state index in [2.05, 4.69) is 25.5 Å². The second kappa shape index (κ2) is 9.03. The van der Waals surface area contributed by atoms with Gasteiger partial charge in [0, 0.05) is 24.9 Å². The maximum absolute atomic E-state index is 12.3. The van der Waals surface area contributed by atoms with Crippen molar-refractivity contribution in [2.45, 2.75) is 44.9 Å². The number of amides is 1. The van der Waals surface area contributed by atoms with E-state index in [-0.39, 0.29) is 5.91 Å². The second-order valence-electron chi connectivity index (χ2n) is 7.64. The predicted molar refractivity (Wildman–Crippen MR) is 111 cm³/mol. The molecular formula is C22H27N5O2. The number of hydrogen-bond donors (Lipinski definition) is 2. The number of aromatic amines is 1. The molecular weight excluding hydrogens is 366 g/mol. The van der Waals surface area contributed by atoms with Crippen LogP contribution < -0.4 is 10.1 Å². The Balaban J connectivity index is 1.23. The van der Waals surface area contributed by atoms with Crippen LogP contribution in [0.2, 0.25) is 0 Å². The van der Waals surface area contributed by atoms with Gasteiger partial charge in [0.05, 0.1) is 18.7 Å². The summed E-state index contributed by atoms with van der Waals surface area (Å²) in [6.45, 7) is 3.35. The van der Waals surface area contributed by atoms with Gasteiger partial charge in [0.25, 0.3) is 0 Å². The van der Waals surface area contributed by atoms with Crippen LogP contribution in [0.4, 0.5) is 0 Å². The van der Waals surface area contributed by atoms with Gasteiger partial charge in [-0.1, -0.05) is 12.1 Å². The summed E-state index contributed by atoms with van der Waals surface area (Å²) in [7, 11) is 0. The molecule has 2 N–H and O–H groups in total. The molecule has 7 nitrogen and oxygen atoms in total. The highest BCUT2D eigenvalue weighted by molar-refractivity contribution is 5.78. The first-order valence-corrected chi connectivity index (χ1v) is 10.4. The lowest BCUT2D eigenvalue weighted by Crippen LogP contribution is -2.32.